The molecule has 1 aromatic rings. The summed E-state index contributed by atoms with van der Waals surface area (Å²) in [5.74, 6) is 6.28. The molecule has 0 aliphatic heterocycles. The number of rotatable bonds is 4. The number of allylic oxidation sites excluding steroid dienone is 2. The first-order chi connectivity index (χ1) is 8.31. The molecule has 1 unspecified atom stereocenters. The normalized spacial score (nSPS) is 12.5. The van der Waals surface area contributed by atoms with Gasteiger partial charge in [0.2, 0.25) is 0 Å². The van der Waals surface area contributed by atoms with Gasteiger partial charge in [-0.3, -0.25) is 4.79 Å². The van der Waals surface area contributed by atoms with Crippen molar-refractivity contribution < 1.29 is 4.79 Å². The Morgan fingerprint density at radius 3 is 2.65 bits per heavy atom. The number of carbonyl (C=O) groups excluding carboxylic acids is 1. The van der Waals surface area contributed by atoms with E-state index in [1.54, 1.807) is 0 Å². The fourth-order valence-electron chi connectivity index (χ4n) is 1.30. The van der Waals surface area contributed by atoms with Gasteiger partial charge < -0.3 is 0 Å². The molecular formula is C15H16OS. The molecular weight excluding hydrogens is 228 g/mol. The summed E-state index contributed by atoms with van der Waals surface area (Å²) in [6, 6.07) is 10.1. The molecule has 0 fully saturated rings. The summed E-state index contributed by atoms with van der Waals surface area (Å²) in [4.78, 5) is 11.6. The minimum atomic E-state index is 0.0348. The van der Waals surface area contributed by atoms with Gasteiger partial charge >= 0.3 is 0 Å². The van der Waals surface area contributed by atoms with Gasteiger partial charge in [0.05, 0.1) is 5.25 Å². The van der Waals surface area contributed by atoms with Gasteiger partial charge in [0.1, 0.15) is 0 Å². The lowest BCUT2D eigenvalue weighted by molar-refractivity contribution is -0.104. The van der Waals surface area contributed by atoms with E-state index in [1.165, 1.54) is 11.8 Å². The van der Waals surface area contributed by atoms with Gasteiger partial charge in [-0.05, 0) is 12.5 Å². The third-order valence-corrected chi connectivity index (χ3v) is 3.40. The average molecular weight is 244 g/mol. The van der Waals surface area contributed by atoms with Crippen molar-refractivity contribution >= 4 is 18.0 Å². The highest BCUT2D eigenvalue weighted by Crippen LogP contribution is 2.33. The van der Waals surface area contributed by atoms with Crippen LogP contribution in [0, 0.1) is 11.8 Å². The van der Waals surface area contributed by atoms with Gasteiger partial charge in [-0.1, -0.05) is 49.3 Å². The molecule has 17 heavy (non-hydrogen) atoms. The number of benzene rings is 1. The highest BCUT2D eigenvalue weighted by molar-refractivity contribution is 8.04. The lowest BCUT2D eigenvalue weighted by Crippen LogP contribution is -1.92. The van der Waals surface area contributed by atoms with Crippen molar-refractivity contribution in [3.63, 3.8) is 0 Å². The molecule has 0 aliphatic carbocycles. The van der Waals surface area contributed by atoms with Gasteiger partial charge in [0, 0.05) is 11.3 Å². The molecule has 0 heterocycles. The molecule has 1 atom stereocenters. The highest BCUT2D eigenvalue weighted by Gasteiger charge is 2.10. The fourth-order valence-corrected chi connectivity index (χ4v) is 2.20. The Kier molecular flexibility index (Phi) is 6.21. The zero-order valence-electron chi connectivity index (χ0n) is 10.1. The van der Waals surface area contributed by atoms with Crippen molar-refractivity contribution in [3.05, 3.63) is 46.9 Å². The van der Waals surface area contributed by atoms with Crippen molar-refractivity contribution in [1.29, 1.82) is 0 Å². The standard InChI is InChI=1S/C15H16OS/c1-3-5-11-15(17-14(4-2)12-16)13-9-7-6-8-10-13/h4,6-10,12,15H,3H2,1-2H3/b14-4-. The Bertz CT molecular complexity index is 437. The molecule has 88 valence electrons. The van der Waals surface area contributed by atoms with Crippen LogP contribution in [0.4, 0.5) is 0 Å². The van der Waals surface area contributed by atoms with Crippen LogP contribution in [0.5, 0.6) is 0 Å². The lowest BCUT2D eigenvalue weighted by Gasteiger charge is -2.10. The molecule has 2 heteroatoms. The maximum atomic E-state index is 10.8. The van der Waals surface area contributed by atoms with E-state index >= 15 is 0 Å². The second-order valence-electron chi connectivity index (χ2n) is 3.39. The number of thioether (sulfide) groups is 1. The summed E-state index contributed by atoms with van der Waals surface area (Å²) in [7, 11) is 0. The highest BCUT2D eigenvalue weighted by atomic mass is 32.2. The summed E-state index contributed by atoms with van der Waals surface area (Å²) in [6.45, 7) is 3.89. The maximum Gasteiger partial charge on any atom is 0.156 e. The second kappa shape index (κ2) is 7.76. The number of hydrogen-bond donors (Lipinski definition) is 0. The third-order valence-electron chi connectivity index (χ3n) is 2.17. The number of aldehydes is 1. The van der Waals surface area contributed by atoms with E-state index in [4.69, 9.17) is 0 Å². The number of hydrogen-bond acceptors (Lipinski definition) is 2. The smallest absolute Gasteiger partial charge is 0.156 e. The van der Waals surface area contributed by atoms with E-state index in [1.807, 2.05) is 50.3 Å². The Balaban J connectivity index is 2.93. The number of carbonyl (C=O) groups is 1. The largest absolute Gasteiger partial charge is 0.297 e. The van der Waals surface area contributed by atoms with Crippen LogP contribution in [0.25, 0.3) is 0 Å². The molecule has 0 spiro atoms. The maximum absolute atomic E-state index is 10.8. The van der Waals surface area contributed by atoms with Crippen molar-refractivity contribution in [2.24, 2.45) is 0 Å². The van der Waals surface area contributed by atoms with Crippen LogP contribution >= 0.6 is 11.8 Å². The van der Waals surface area contributed by atoms with Gasteiger partial charge in [-0.25, -0.2) is 0 Å². The van der Waals surface area contributed by atoms with Crippen LogP contribution in [-0.2, 0) is 4.79 Å². The second-order valence-corrected chi connectivity index (χ2v) is 4.57. The van der Waals surface area contributed by atoms with Crippen molar-refractivity contribution in [2.75, 3.05) is 0 Å². The minimum Gasteiger partial charge on any atom is -0.297 e. The van der Waals surface area contributed by atoms with Crippen LogP contribution in [0.3, 0.4) is 0 Å². The van der Waals surface area contributed by atoms with E-state index in [0.29, 0.717) is 0 Å². The van der Waals surface area contributed by atoms with Gasteiger partial charge in [-0.2, -0.15) is 0 Å². The van der Waals surface area contributed by atoms with Crippen molar-refractivity contribution in [2.45, 2.75) is 25.5 Å². The summed E-state index contributed by atoms with van der Waals surface area (Å²) in [6.07, 6.45) is 3.53. The monoisotopic (exact) mass is 244 g/mol. The minimum absolute atomic E-state index is 0.0348. The first-order valence-corrected chi connectivity index (χ1v) is 6.51. The Morgan fingerprint density at radius 1 is 1.41 bits per heavy atom. The Morgan fingerprint density at radius 2 is 2.12 bits per heavy atom. The van der Waals surface area contributed by atoms with Crippen LogP contribution in [0.15, 0.2) is 41.3 Å². The molecule has 0 bridgehead atoms. The Labute approximate surface area is 107 Å². The fraction of sp³-hybridized carbons (Fsp3) is 0.267. The van der Waals surface area contributed by atoms with E-state index < -0.39 is 0 Å². The molecule has 0 N–H and O–H groups in total. The summed E-state index contributed by atoms with van der Waals surface area (Å²) < 4.78 is 0. The van der Waals surface area contributed by atoms with Crippen LogP contribution < -0.4 is 0 Å². The van der Waals surface area contributed by atoms with Crippen LogP contribution in [-0.4, -0.2) is 6.29 Å². The van der Waals surface area contributed by atoms with Gasteiger partial charge in [-0.15, -0.1) is 17.7 Å². The molecule has 1 nitrogen and oxygen atoms in total. The zero-order valence-corrected chi connectivity index (χ0v) is 11.0. The SMILES string of the molecule is C/C=C(/C=O)SC(C#CCC)c1ccccc1. The zero-order chi connectivity index (χ0) is 12.5. The van der Waals surface area contributed by atoms with E-state index in [2.05, 4.69) is 11.8 Å². The molecule has 0 amide bonds. The average Bonchev–Trinajstić information content (AvgIpc) is 2.40. The van der Waals surface area contributed by atoms with Crippen LogP contribution in [0.1, 0.15) is 31.1 Å². The summed E-state index contributed by atoms with van der Waals surface area (Å²) >= 11 is 1.50. The molecule has 0 saturated carbocycles. The van der Waals surface area contributed by atoms with E-state index in [0.717, 1.165) is 23.2 Å². The van der Waals surface area contributed by atoms with E-state index in [-0.39, 0.29) is 5.25 Å². The molecule has 0 radical (unpaired) electrons. The van der Waals surface area contributed by atoms with E-state index in [9.17, 15) is 4.79 Å². The van der Waals surface area contributed by atoms with Gasteiger partial charge in [0.25, 0.3) is 0 Å². The topological polar surface area (TPSA) is 17.1 Å². The van der Waals surface area contributed by atoms with Gasteiger partial charge in [0.15, 0.2) is 6.29 Å². The molecule has 0 aromatic heterocycles. The predicted molar refractivity (Wildman–Crippen MR) is 74.7 cm³/mol. The molecule has 0 saturated heterocycles. The van der Waals surface area contributed by atoms with Crippen molar-refractivity contribution in [3.8, 4) is 11.8 Å². The lowest BCUT2D eigenvalue weighted by atomic mass is 10.1. The third kappa shape index (κ3) is 4.50. The summed E-state index contributed by atoms with van der Waals surface area (Å²) in [5.41, 5.74) is 1.14. The molecule has 0 aliphatic rings. The first-order valence-electron chi connectivity index (χ1n) is 5.63. The summed E-state index contributed by atoms with van der Waals surface area (Å²) in [5, 5.41) is 0.0348. The molecule has 1 aromatic carbocycles. The van der Waals surface area contributed by atoms with Crippen molar-refractivity contribution in [1.82, 2.24) is 0 Å². The first kappa shape index (κ1) is 13.6. The molecule has 1 rings (SSSR count). The quantitative estimate of drug-likeness (QED) is 0.453. The predicted octanol–water partition coefficient (Wildman–Crippen LogP) is 3.98. The Hall–Kier alpha value is -1.46. The van der Waals surface area contributed by atoms with Crippen LogP contribution in [0.2, 0.25) is 0 Å².